The van der Waals surface area contributed by atoms with Crippen LogP contribution in [0.5, 0.6) is 0 Å². The van der Waals surface area contributed by atoms with Crippen LogP contribution in [-0.4, -0.2) is 61.4 Å². The Hall–Kier alpha value is -4.57. The van der Waals surface area contributed by atoms with Crippen LogP contribution < -0.4 is 38.1 Å². The lowest BCUT2D eigenvalue weighted by molar-refractivity contribution is -0.120. The average molecular weight is 1070 g/mol. The number of carbonyl (C=O) groups is 3. The maximum Gasteiger partial charge on any atom is 0.353 e. The van der Waals surface area contributed by atoms with E-state index in [1.54, 1.807) is 43.3 Å². The molecule has 4 atom stereocenters. The van der Waals surface area contributed by atoms with E-state index in [1.807, 2.05) is 6.07 Å². The van der Waals surface area contributed by atoms with Gasteiger partial charge in [0.05, 0.1) is 32.8 Å². The Labute approximate surface area is 405 Å². The van der Waals surface area contributed by atoms with Crippen molar-refractivity contribution in [3.63, 3.8) is 0 Å². The van der Waals surface area contributed by atoms with Crippen molar-refractivity contribution in [2.75, 3.05) is 0 Å². The van der Waals surface area contributed by atoms with Gasteiger partial charge in [0.25, 0.3) is 9.05 Å². The summed E-state index contributed by atoms with van der Waals surface area (Å²) < 4.78 is 92.1. The van der Waals surface area contributed by atoms with Gasteiger partial charge in [-0.3, -0.25) is 18.9 Å². The summed E-state index contributed by atoms with van der Waals surface area (Å²) >= 11 is 0. The van der Waals surface area contributed by atoms with Gasteiger partial charge in [0, 0.05) is 48.2 Å². The normalized spacial score (nSPS) is 18.3. The first-order chi connectivity index (χ1) is 30.5. The summed E-state index contributed by atoms with van der Waals surface area (Å²) in [5.41, 5.74) is 14.4. The third-order valence-corrected chi connectivity index (χ3v) is 14.0. The monoisotopic (exact) mass is 1070 g/mol. The fourth-order valence-corrected chi connectivity index (χ4v) is 9.99. The Kier molecular flexibility index (Phi) is 21.7. The Balaban J connectivity index is 0.000000299. The number of carbonyl (C=O) groups excluding carboxylic acids is 3. The molecule has 0 fully saturated rings. The van der Waals surface area contributed by atoms with E-state index in [0.717, 1.165) is 84.7 Å². The van der Waals surface area contributed by atoms with E-state index in [1.165, 1.54) is 43.2 Å². The second-order valence-electron chi connectivity index (χ2n) is 15.7. The average Bonchev–Trinajstić information content (AvgIpc) is 3.99. The van der Waals surface area contributed by atoms with Gasteiger partial charge >= 0.3 is 9.33 Å². The van der Waals surface area contributed by atoms with Crippen molar-refractivity contribution in [3.8, 4) is 0 Å². The molecule has 0 saturated heterocycles. The second-order valence-corrected chi connectivity index (χ2v) is 23.4. The van der Waals surface area contributed by atoms with Gasteiger partial charge in [0.2, 0.25) is 37.8 Å². The number of fused-ring (bicyclic) bond motifs is 4. The molecule has 0 heterocycles. The van der Waals surface area contributed by atoms with Crippen LogP contribution >= 0.6 is 21.4 Å². The highest BCUT2D eigenvalue weighted by atomic mass is 35.7. The van der Waals surface area contributed by atoms with Crippen LogP contribution in [0.3, 0.4) is 0 Å². The first-order valence-electron chi connectivity index (χ1n) is 20.2. The summed E-state index contributed by atoms with van der Waals surface area (Å²) in [7, 11) is -5.77. The molecule has 4 aliphatic rings. The minimum atomic E-state index is -4.19. The number of primary sulfonamides is 2. The van der Waals surface area contributed by atoms with Gasteiger partial charge in [0.15, 0.2) is 0 Å². The number of amides is 3. The van der Waals surface area contributed by atoms with E-state index in [4.69, 9.17) is 39.7 Å². The third kappa shape index (κ3) is 18.1. The summed E-state index contributed by atoms with van der Waals surface area (Å²) in [6.45, 7) is 4.51. The van der Waals surface area contributed by atoms with Gasteiger partial charge in [-0.1, -0.05) is 42.5 Å². The molecule has 4 aromatic carbocycles. The number of rotatable bonds is 6. The number of sulfonamides is 2. The Morgan fingerprint density at radius 3 is 1.22 bits per heavy atom. The Morgan fingerprint density at radius 2 is 0.838 bits per heavy atom. The van der Waals surface area contributed by atoms with Crippen LogP contribution in [-0.2, 0) is 78.5 Å². The van der Waals surface area contributed by atoms with Crippen molar-refractivity contribution in [1.29, 1.82) is 0 Å². The molecule has 8 rings (SSSR count). The molecule has 68 heavy (non-hydrogen) atoms. The quantitative estimate of drug-likeness (QED) is 0.101. The maximum absolute atomic E-state index is 11.2. The van der Waals surface area contributed by atoms with Gasteiger partial charge in [0.1, 0.15) is 0 Å². The van der Waals surface area contributed by atoms with Gasteiger partial charge in [-0.05, 0) is 132 Å². The molecule has 376 valence electrons. The number of nitrogens with two attached hydrogens (primary N) is 3. The van der Waals surface area contributed by atoms with E-state index in [9.17, 15) is 39.6 Å². The number of aryl methyl sites for hydroxylation is 4. The molecule has 0 bridgehead atoms. The molecule has 0 saturated carbocycles. The fourth-order valence-electron chi connectivity index (χ4n) is 8.06. The van der Waals surface area contributed by atoms with Crippen LogP contribution in [0.2, 0.25) is 0 Å². The van der Waals surface area contributed by atoms with E-state index < -0.39 is 38.4 Å². The lowest BCUT2D eigenvalue weighted by Crippen LogP contribution is -2.24. The summed E-state index contributed by atoms with van der Waals surface area (Å²) in [6, 6.07) is 23.0. The minimum Gasteiger partial charge on any atom is -0.412 e. The number of hydrogen-bond acceptors (Lipinski definition) is 13. The van der Waals surface area contributed by atoms with Gasteiger partial charge in [-0.25, -0.2) is 35.5 Å². The van der Waals surface area contributed by atoms with Crippen LogP contribution in [0, 0.1) is 0 Å². The molecule has 0 aromatic heterocycles. The molecule has 15 N–H and O–H groups in total. The van der Waals surface area contributed by atoms with Crippen molar-refractivity contribution < 1.29 is 58.1 Å². The smallest absolute Gasteiger partial charge is 0.353 e. The van der Waals surface area contributed by atoms with Crippen molar-refractivity contribution in [3.05, 3.63) is 123 Å². The molecule has 4 aromatic rings. The standard InChI is InChI=1S/C11H12ClNO3S.C11H14N2O3S.C11H13NO.C9H12N2O2S.ClHO3S.H3N.H2O/c2*1-7(14)13-11-5-2-8-6-9(17(12,15)16)3-4-10(8)11;1-8(13)12-11-7-6-9-4-2-3-5-10(9)11;10-9-4-1-6-5-7(14(11,12)13)2-3-8(6)9;1-5(2,3)4;;/h3-4,6,11H,2,5H2,1H3,(H,13,14);3-4,6,11H,2,5H2,1H3,(H,13,14)(H2,12,15,16);2-5,11H,6-7H2,1H3,(H,12,13);2-3,5,9H,1,4,10H2,(H2,11,12,13);(H,2,3,4);1H3;1H2. The fraction of sp³-hybridized carbons (Fsp3) is 0.357. The zero-order valence-corrected chi connectivity index (χ0v) is 42.0. The van der Waals surface area contributed by atoms with Gasteiger partial charge in [-0.15, -0.1) is 0 Å². The number of benzene rings is 4. The molecule has 3 amide bonds. The van der Waals surface area contributed by atoms with Crippen molar-refractivity contribution in [2.45, 2.75) is 111 Å². The van der Waals surface area contributed by atoms with E-state index in [0.29, 0.717) is 0 Å². The molecular weight excluding hydrogens is 1010 g/mol. The third-order valence-electron chi connectivity index (χ3n) is 10.8. The number of hydrogen-bond donors (Lipinski definition) is 8. The Bertz CT molecular complexity index is 2820. The summed E-state index contributed by atoms with van der Waals surface area (Å²) in [6.07, 6.45) is 6.93. The van der Waals surface area contributed by atoms with Gasteiger partial charge < -0.3 is 33.3 Å². The van der Waals surface area contributed by atoms with Gasteiger partial charge in [-0.2, -0.15) is 8.42 Å². The SMILES string of the molecule is CC(=O)NC1CCc2cc(S(=O)(=O)Cl)ccc21.CC(=O)NC1CCc2cc(S(N)(=O)=O)ccc21.CC(=O)NC1CCc2ccccc21.N.NC1CCc2cc(S(N)(=O)=O)ccc21.O.O=S(=O)(O)Cl. The first-order valence-corrected chi connectivity index (χ1v) is 27.9. The van der Waals surface area contributed by atoms with E-state index in [-0.39, 0.29) is 68.2 Å². The molecule has 26 heteroatoms. The molecule has 4 unspecified atom stereocenters. The number of nitrogens with one attached hydrogen (secondary N) is 3. The first kappa shape index (κ1) is 59.6. The van der Waals surface area contributed by atoms with Crippen molar-refractivity contribution in [2.24, 2.45) is 16.0 Å². The van der Waals surface area contributed by atoms with Crippen LogP contribution in [0.1, 0.15) is 115 Å². The molecular formula is C42H57Cl2N7O13S4. The summed E-state index contributed by atoms with van der Waals surface area (Å²) in [4.78, 5) is 33.3. The molecule has 4 aliphatic carbocycles. The lowest BCUT2D eigenvalue weighted by Gasteiger charge is -2.12. The molecule has 0 radical (unpaired) electrons. The van der Waals surface area contributed by atoms with Crippen LogP contribution in [0.25, 0.3) is 0 Å². The van der Waals surface area contributed by atoms with Crippen LogP contribution in [0.15, 0.2) is 93.5 Å². The molecule has 0 spiro atoms. The highest BCUT2D eigenvalue weighted by molar-refractivity contribution is 8.13. The summed E-state index contributed by atoms with van der Waals surface area (Å²) in [5, 5.41) is 18.7. The van der Waals surface area contributed by atoms with Crippen molar-refractivity contribution >= 4 is 77.5 Å². The van der Waals surface area contributed by atoms with Crippen molar-refractivity contribution in [1.82, 2.24) is 22.1 Å². The zero-order valence-electron chi connectivity index (χ0n) is 37.2. The predicted octanol–water partition coefficient (Wildman–Crippen LogP) is 3.65. The maximum atomic E-state index is 11.2. The molecule has 20 nitrogen and oxygen atoms in total. The minimum absolute atomic E-state index is 0. The number of halogens is 2. The lowest BCUT2D eigenvalue weighted by atomic mass is 10.1. The van der Waals surface area contributed by atoms with E-state index in [2.05, 4.69) is 44.8 Å². The Morgan fingerprint density at radius 1 is 0.529 bits per heavy atom. The zero-order chi connectivity index (χ0) is 49.4. The second kappa shape index (κ2) is 24.8. The largest absolute Gasteiger partial charge is 0.412 e. The van der Waals surface area contributed by atoms with Crippen LogP contribution in [0.4, 0.5) is 0 Å². The molecule has 0 aliphatic heterocycles. The highest BCUT2D eigenvalue weighted by Crippen LogP contribution is 2.35. The predicted molar refractivity (Wildman–Crippen MR) is 257 cm³/mol. The summed E-state index contributed by atoms with van der Waals surface area (Å²) in [5.74, 6) is -0.114. The topological polar surface area (TPSA) is 389 Å². The highest BCUT2D eigenvalue weighted by Gasteiger charge is 2.27. The van der Waals surface area contributed by atoms with E-state index >= 15 is 0 Å².